The summed E-state index contributed by atoms with van der Waals surface area (Å²) in [4.78, 5) is 0. The summed E-state index contributed by atoms with van der Waals surface area (Å²) in [7, 11) is 0. The molecular weight excluding hydrogens is 258 g/mol. The van der Waals surface area contributed by atoms with E-state index in [1.54, 1.807) is 6.20 Å². The first-order valence-corrected chi connectivity index (χ1v) is 7.31. The monoisotopic (exact) mass is 283 g/mol. The van der Waals surface area contributed by atoms with Crippen molar-refractivity contribution in [3.63, 3.8) is 0 Å². The van der Waals surface area contributed by atoms with Gasteiger partial charge in [-0.05, 0) is 29.7 Å². The molecule has 3 nitrogen and oxygen atoms in total. The molecule has 3 N–H and O–H groups in total. The van der Waals surface area contributed by atoms with Gasteiger partial charge in [0, 0.05) is 11.8 Å². The van der Waals surface area contributed by atoms with Crippen LogP contribution in [0.1, 0.15) is 38.3 Å². The second kappa shape index (κ2) is 8.93. The van der Waals surface area contributed by atoms with Gasteiger partial charge in [-0.1, -0.05) is 57.2 Å². The van der Waals surface area contributed by atoms with Gasteiger partial charge in [-0.3, -0.25) is 5.10 Å². The maximum atomic E-state index is 5.59. The molecule has 0 amide bonds. The highest BCUT2D eigenvalue weighted by molar-refractivity contribution is 5.88. The van der Waals surface area contributed by atoms with Gasteiger partial charge >= 0.3 is 0 Å². The van der Waals surface area contributed by atoms with Crippen LogP contribution in [0.15, 0.2) is 36.5 Å². The fourth-order valence-corrected chi connectivity index (χ4v) is 1.78. The first-order chi connectivity index (χ1) is 10.2. The van der Waals surface area contributed by atoms with Crippen LogP contribution in [-0.4, -0.2) is 10.2 Å². The van der Waals surface area contributed by atoms with Crippen LogP contribution < -0.4 is 16.3 Å². The lowest BCUT2D eigenvalue weighted by Crippen LogP contribution is -2.19. The molecule has 0 unspecified atom stereocenters. The average Bonchev–Trinajstić information content (AvgIpc) is 2.91. The summed E-state index contributed by atoms with van der Waals surface area (Å²) in [5.74, 6) is 0. The third-order valence-corrected chi connectivity index (χ3v) is 2.90. The van der Waals surface area contributed by atoms with E-state index in [9.17, 15) is 0 Å². The van der Waals surface area contributed by atoms with Crippen molar-refractivity contribution in [1.29, 1.82) is 0 Å². The van der Waals surface area contributed by atoms with E-state index in [-0.39, 0.29) is 0 Å². The van der Waals surface area contributed by atoms with Crippen LogP contribution in [0.25, 0.3) is 18.2 Å². The number of nitrogens with two attached hydrogens (primary N) is 1. The third kappa shape index (κ3) is 5.04. The number of hydrogen-bond acceptors (Lipinski definition) is 2. The summed E-state index contributed by atoms with van der Waals surface area (Å²) in [5, 5.41) is 8.63. The largest absolute Gasteiger partial charge is 0.326 e. The van der Waals surface area contributed by atoms with E-state index in [1.165, 1.54) is 6.42 Å². The van der Waals surface area contributed by atoms with Gasteiger partial charge in [0.1, 0.15) is 0 Å². The van der Waals surface area contributed by atoms with Gasteiger partial charge in [0.25, 0.3) is 0 Å². The Morgan fingerprint density at radius 2 is 1.90 bits per heavy atom. The van der Waals surface area contributed by atoms with E-state index in [4.69, 9.17) is 5.73 Å². The first kappa shape index (κ1) is 16.9. The van der Waals surface area contributed by atoms with Gasteiger partial charge in [-0.25, -0.2) is 0 Å². The van der Waals surface area contributed by atoms with Crippen LogP contribution in [0.2, 0.25) is 0 Å². The zero-order valence-corrected chi connectivity index (χ0v) is 13.2. The molecule has 0 aliphatic carbocycles. The van der Waals surface area contributed by atoms with E-state index in [0.717, 1.165) is 27.3 Å². The summed E-state index contributed by atoms with van der Waals surface area (Å²) in [6, 6.07) is 8.26. The molecule has 0 saturated carbocycles. The van der Waals surface area contributed by atoms with Gasteiger partial charge < -0.3 is 5.73 Å². The molecule has 0 aliphatic heterocycles. The maximum absolute atomic E-state index is 5.59. The summed E-state index contributed by atoms with van der Waals surface area (Å²) in [6.45, 7) is 10.7. The second-order valence-corrected chi connectivity index (χ2v) is 4.80. The minimum Gasteiger partial charge on any atom is -0.326 e. The lowest BCUT2D eigenvalue weighted by molar-refractivity contribution is 1.06. The number of rotatable bonds is 3. The van der Waals surface area contributed by atoms with E-state index in [1.807, 2.05) is 19.1 Å². The number of benzene rings is 1. The van der Waals surface area contributed by atoms with Gasteiger partial charge in [-0.2, -0.15) is 5.10 Å². The second-order valence-electron chi connectivity index (χ2n) is 4.80. The highest BCUT2D eigenvalue weighted by Gasteiger charge is 1.98. The predicted molar refractivity (Wildman–Crippen MR) is 91.8 cm³/mol. The van der Waals surface area contributed by atoms with Gasteiger partial charge in [0.2, 0.25) is 0 Å². The maximum Gasteiger partial charge on any atom is 0.0578 e. The molecule has 112 valence electrons. The molecule has 3 heteroatoms. The SMILES string of the molecule is C=c1[nH]nc/c1=C/C(=C\C)c1ccc(CN)cc1.CCC. The number of aromatic amines is 1. The van der Waals surface area contributed by atoms with Crippen molar-refractivity contribution in [3.05, 3.63) is 58.2 Å². The Morgan fingerprint density at radius 1 is 1.29 bits per heavy atom. The topological polar surface area (TPSA) is 54.7 Å². The molecular formula is C18H25N3. The summed E-state index contributed by atoms with van der Waals surface area (Å²) >= 11 is 0. The average molecular weight is 283 g/mol. The van der Waals surface area contributed by atoms with Crippen molar-refractivity contribution in [3.8, 4) is 0 Å². The number of hydrogen-bond donors (Lipinski definition) is 2. The lowest BCUT2D eigenvalue weighted by Gasteiger charge is -2.03. The lowest BCUT2D eigenvalue weighted by atomic mass is 10.0. The predicted octanol–water partition coefficient (Wildman–Crippen LogP) is 2.58. The molecule has 0 spiro atoms. The molecule has 1 aromatic heterocycles. The van der Waals surface area contributed by atoms with Crippen molar-refractivity contribution in [1.82, 2.24) is 10.2 Å². The molecule has 0 bridgehead atoms. The zero-order chi connectivity index (χ0) is 15.7. The van der Waals surface area contributed by atoms with Gasteiger partial charge in [-0.15, -0.1) is 0 Å². The first-order valence-electron chi connectivity index (χ1n) is 7.31. The van der Waals surface area contributed by atoms with E-state index in [2.05, 4.69) is 54.9 Å². The molecule has 0 fully saturated rings. The van der Waals surface area contributed by atoms with Gasteiger partial charge in [0.15, 0.2) is 0 Å². The van der Waals surface area contributed by atoms with Crippen LogP contribution in [0.5, 0.6) is 0 Å². The van der Waals surface area contributed by atoms with Crippen LogP contribution in [0.4, 0.5) is 0 Å². The van der Waals surface area contributed by atoms with Crippen LogP contribution in [-0.2, 0) is 6.54 Å². The van der Waals surface area contributed by atoms with E-state index >= 15 is 0 Å². The van der Waals surface area contributed by atoms with Crippen LogP contribution in [0, 0.1) is 0 Å². The molecule has 0 saturated heterocycles. The molecule has 21 heavy (non-hydrogen) atoms. The van der Waals surface area contributed by atoms with Gasteiger partial charge in [0.05, 0.1) is 11.5 Å². The summed E-state index contributed by atoms with van der Waals surface area (Å²) in [5.41, 5.74) is 9.04. The number of allylic oxidation sites excluding steroid dienone is 2. The molecule has 0 aliphatic rings. The summed E-state index contributed by atoms with van der Waals surface area (Å²) in [6.07, 6.45) is 7.17. The Labute approximate surface area is 126 Å². The minimum absolute atomic E-state index is 0.569. The molecule has 2 aromatic rings. The van der Waals surface area contributed by atoms with Crippen molar-refractivity contribution < 1.29 is 0 Å². The summed E-state index contributed by atoms with van der Waals surface area (Å²) < 4.78 is 0. The van der Waals surface area contributed by atoms with Crippen molar-refractivity contribution in [2.45, 2.75) is 33.7 Å². The Hall–Kier alpha value is -2.13. The Balaban J connectivity index is 0.000000677. The standard InChI is InChI=1S/C15H17N3.C3H8/c1-3-13(8-15-10-17-18-11(15)2)14-6-4-12(9-16)5-7-14;1-3-2/h3-8,10,18H,2,9,16H2,1H3;3H2,1-2H3/b13-3+,15-8-;. The number of aromatic nitrogens is 2. The molecule has 1 aromatic carbocycles. The fourth-order valence-electron chi connectivity index (χ4n) is 1.78. The quantitative estimate of drug-likeness (QED) is 0.909. The van der Waals surface area contributed by atoms with E-state index < -0.39 is 0 Å². The highest BCUT2D eigenvalue weighted by atomic mass is 15.1. The Morgan fingerprint density at radius 3 is 2.33 bits per heavy atom. The highest BCUT2D eigenvalue weighted by Crippen LogP contribution is 2.16. The van der Waals surface area contributed by atoms with E-state index in [0.29, 0.717) is 6.54 Å². The van der Waals surface area contributed by atoms with Crippen molar-refractivity contribution >= 4 is 18.2 Å². The number of nitrogens with one attached hydrogen (secondary N) is 1. The molecule has 2 rings (SSSR count). The Kier molecular flexibility index (Phi) is 7.19. The molecule has 0 radical (unpaired) electrons. The fraction of sp³-hybridized carbons (Fsp3) is 0.278. The normalized spacial score (nSPS) is 12.0. The zero-order valence-electron chi connectivity index (χ0n) is 13.2. The van der Waals surface area contributed by atoms with Crippen LogP contribution >= 0.6 is 0 Å². The van der Waals surface area contributed by atoms with Crippen LogP contribution in [0.3, 0.4) is 0 Å². The molecule has 1 heterocycles. The molecule has 0 atom stereocenters. The number of nitrogens with zero attached hydrogens (tertiary/aromatic N) is 1. The van der Waals surface area contributed by atoms with Crippen molar-refractivity contribution in [2.75, 3.05) is 0 Å². The smallest absolute Gasteiger partial charge is 0.0578 e. The minimum atomic E-state index is 0.569. The Bertz CT molecular complexity index is 663. The van der Waals surface area contributed by atoms with Crippen molar-refractivity contribution in [2.24, 2.45) is 5.73 Å². The number of H-pyrrole nitrogens is 1. The third-order valence-electron chi connectivity index (χ3n) is 2.90.